The van der Waals surface area contributed by atoms with E-state index < -0.39 is 0 Å². The van der Waals surface area contributed by atoms with Gasteiger partial charge in [-0.2, -0.15) is 0 Å². The molecule has 78 valence electrons. The maximum atomic E-state index is 11.2. The Morgan fingerprint density at radius 2 is 2.13 bits per heavy atom. The van der Waals surface area contributed by atoms with Crippen molar-refractivity contribution in [3.8, 4) is 0 Å². The van der Waals surface area contributed by atoms with Crippen LogP contribution >= 0.6 is 0 Å². The van der Waals surface area contributed by atoms with Crippen molar-refractivity contribution in [2.45, 2.75) is 20.3 Å². The van der Waals surface area contributed by atoms with E-state index in [1.165, 1.54) is 16.6 Å². The van der Waals surface area contributed by atoms with Crippen molar-refractivity contribution >= 4 is 16.7 Å². The molecule has 0 saturated carbocycles. The first-order valence-electron chi connectivity index (χ1n) is 5.13. The number of carbonyl (C=O) groups excluding carboxylic acids is 1. The van der Waals surface area contributed by atoms with E-state index in [-0.39, 0.29) is 5.78 Å². The molecule has 0 amide bonds. The largest absolute Gasteiger partial charge is 0.348 e. The fraction of sp³-hybridized carbons (Fsp3) is 0.308. The molecule has 0 radical (unpaired) electrons. The molecule has 0 aliphatic rings. The topological polar surface area (TPSA) is 22.0 Å². The van der Waals surface area contributed by atoms with E-state index >= 15 is 0 Å². The number of carbonyl (C=O) groups is 1. The molecule has 1 heterocycles. The van der Waals surface area contributed by atoms with Crippen molar-refractivity contribution in [3.63, 3.8) is 0 Å². The molecule has 0 bridgehead atoms. The number of hydrogen-bond acceptors (Lipinski definition) is 1. The highest BCUT2D eigenvalue weighted by Crippen LogP contribution is 2.22. The molecule has 0 aliphatic carbocycles. The SMILES string of the molecule is CC(=O)Cc1cccc2cc(C)n(C)c12. The van der Waals surface area contributed by atoms with Gasteiger partial charge in [-0.15, -0.1) is 0 Å². The number of hydrogen-bond donors (Lipinski definition) is 0. The highest BCUT2D eigenvalue weighted by molar-refractivity contribution is 5.89. The summed E-state index contributed by atoms with van der Waals surface area (Å²) in [6, 6.07) is 8.29. The van der Waals surface area contributed by atoms with Crippen molar-refractivity contribution in [3.05, 3.63) is 35.5 Å². The van der Waals surface area contributed by atoms with Crippen LogP contribution in [0.25, 0.3) is 10.9 Å². The Morgan fingerprint density at radius 3 is 2.80 bits per heavy atom. The summed E-state index contributed by atoms with van der Waals surface area (Å²) in [7, 11) is 2.04. The molecular weight excluding hydrogens is 186 g/mol. The van der Waals surface area contributed by atoms with Crippen LogP contribution in [-0.4, -0.2) is 10.4 Å². The molecule has 0 unspecified atom stereocenters. The van der Waals surface area contributed by atoms with Crippen LogP contribution in [0.5, 0.6) is 0 Å². The number of ketones is 1. The standard InChI is InChI=1S/C13H15NO/c1-9-7-11-5-4-6-12(8-10(2)15)13(11)14(9)3/h4-7H,8H2,1-3H3. The number of rotatable bonds is 2. The smallest absolute Gasteiger partial charge is 0.134 e. The van der Waals surface area contributed by atoms with Crippen LogP contribution in [0.3, 0.4) is 0 Å². The minimum absolute atomic E-state index is 0.210. The van der Waals surface area contributed by atoms with Gasteiger partial charge in [-0.3, -0.25) is 4.79 Å². The van der Waals surface area contributed by atoms with Crippen molar-refractivity contribution < 1.29 is 4.79 Å². The summed E-state index contributed by atoms with van der Waals surface area (Å²) in [6.07, 6.45) is 0.522. The third-order valence-electron chi connectivity index (χ3n) is 2.82. The molecule has 0 aliphatic heterocycles. The summed E-state index contributed by atoms with van der Waals surface area (Å²) in [5, 5.41) is 1.22. The molecule has 2 aromatic rings. The predicted octanol–water partition coefficient (Wildman–Crippen LogP) is 2.62. The maximum absolute atomic E-state index is 11.2. The number of Topliss-reactive ketones (excluding diaryl/α,β-unsaturated/α-hetero) is 1. The van der Waals surface area contributed by atoms with Gasteiger partial charge >= 0.3 is 0 Å². The molecule has 1 aromatic heterocycles. The van der Waals surface area contributed by atoms with Crippen molar-refractivity contribution in [1.29, 1.82) is 0 Å². The lowest BCUT2D eigenvalue weighted by atomic mass is 10.1. The third-order valence-corrected chi connectivity index (χ3v) is 2.82. The van der Waals surface area contributed by atoms with Crippen LogP contribution < -0.4 is 0 Å². The summed E-state index contributed by atoms with van der Waals surface area (Å²) < 4.78 is 2.15. The van der Waals surface area contributed by atoms with Crippen LogP contribution in [0, 0.1) is 6.92 Å². The Kier molecular flexibility index (Phi) is 2.35. The second-order valence-electron chi connectivity index (χ2n) is 4.08. The minimum atomic E-state index is 0.210. The molecule has 2 nitrogen and oxygen atoms in total. The number of aromatic nitrogens is 1. The summed E-state index contributed by atoms with van der Waals surface area (Å²) in [6.45, 7) is 3.71. The number of nitrogens with zero attached hydrogens (tertiary/aromatic N) is 1. The van der Waals surface area contributed by atoms with E-state index in [9.17, 15) is 4.79 Å². The Morgan fingerprint density at radius 1 is 1.40 bits per heavy atom. The Bertz CT molecular complexity index is 523. The average Bonchev–Trinajstić information content (AvgIpc) is 2.43. The van der Waals surface area contributed by atoms with Gasteiger partial charge < -0.3 is 4.57 Å². The maximum Gasteiger partial charge on any atom is 0.134 e. The normalized spacial score (nSPS) is 10.9. The van der Waals surface area contributed by atoms with Gasteiger partial charge in [0.25, 0.3) is 0 Å². The molecule has 1 aromatic carbocycles. The number of para-hydroxylation sites is 1. The monoisotopic (exact) mass is 201 g/mol. The summed E-state index contributed by atoms with van der Waals surface area (Å²) in [5.41, 5.74) is 3.53. The zero-order valence-electron chi connectivity index (χ0n) is 9.37. The predicted molar refractivity (Wildman–Crippen MR) is 62.0 cm³/mol. The van der Waals surface area contributed by atoms with E-state index in [1.54, 1.807) is 6.92 Å². The van der Waals surface area contributed by atoms with E-state index in [0.29, 0.717) is 6.42 Å². The van der Waals surface area contributed by atoms with Crippen molar-refractivity contribution in [2.75, 3.05) is 0 Å². The van der Waals surface area contributed by atoms with Gasteiger partial charge in [-0.25, -0.2) is 0 Å². The summed E-state index contributed by atoms with van der Waals surface area (Å²) in [4.78, 5) is 11.2. The molecule has 0 saturated heterocycles. The minimum Gasteiger partial charge on any atom is -0.348 e. The molecule has 0 spiro atoms. The third kappa shape index (κ3) is 1.67. The Hall–Kier alpha value is -1.57. The highest BCUT2D eigenvalue weighted by atomic mass is 16.1. The lowest BCUT2D eigenvalue weighted by Gasteiger charge is -2.05. The Labute approximate surface area is 89.5 Å². The zero-order chi connectivity index (χ0) is 11.0. The lowest BCUT2D eigenvalue weighted by Crippen LogP contribution is -2.00. The molecule has 0 atom stereocenters. The van der Waals surface area contributed by atoms with Gasteiger partial charge in [-0.1, -0.05) is 18.2 Å². The number of aryl methyl sites for hydroxylation is 2. The van der Waals surface area contributed by atoms with Gasteiger partial charge in [0.2, 0.25) is 0 Å². The zero-order valence-corrected chi connectivity index (χ0v) is 9.37. The van der Waals surface area contributed by atoms with Gasteiger partial charge in [0.1, 0.15) is 5.78 Å². The van der Waals surface area contributed by atoms with Crippen molar-refractivity contribution in [2.24, 2.45) is 7.05 Å². The molecule has 0 fully saturated rings. The molecule has 2 heteroatoms. The van der Waals surface area contributed by atoms with Crippen LogP contribution in [0.15, 0.2) is 24.3 Å². The van der Waals surface area contributed by atoms with Gasteiger partial charge in [0.15, 0.2) is 0 Å². The van der Waals surface area contributed by atoms with Crippen LogP contribution in [0.1, 0.15) is 18.2 Å². The van der Waals surface area contributed by atoms with E-state index in [4.69, 9.17) is 0 Å². The van der Waals surface area contributed by atoms with Gasteiger partial charge in [-0.05, 0) is 25.5 Å². The molecular formula is C13H15NO. The second kappa shape index (κ2) is 3.54. The van der Waals surface area contributed by atoms with E-state index in [0.717, 1.165) is 5.56 Å². The Balaban J connectivity index is 2.68. The molecule has 2 rings (SSSR count). The average molecular weight is 201 g/mol. The first-order chi connectivity index (χ1) is 7.09. The van der Waals surface area contributed by atoms with Crippen molar-refractivity contribution in [1.82, 2.24) is 4.57 Å². The number of benzene rings is 1. The summed E-state index contributed by atoms with van der Waals surface area (Å²) >= 11 is 0. The quantitative estimate of drug-likeness (QED) is 0.732. The van der Waals surface area contributed by atoms with Gasteiger partial charge in [0.05, 0.1) is 5.52 Å². The van der Waals surface area contributed by atoms with E-state index in [2.05, 4.69) is 23.6 Å². The van der Waals surface area contributed by atoms with Crippen LogP contribution in [0.2, 0.25) is 0 Å². The highest BCUT2D eigenvalue weighted by Gasteiger charge is 2.08. The lowest BCUT2D eigenvalue weighted by molar-refractivity contribution is -0.116. The molecule has 0 N–H and O–H groups in total. The second-order valence-corrected chi connectivity index (χ2v) is 4.08. The fourth-order valence-corrected chi connectivity index (χ4v) is 2.05. The van der Waals surface area contributed by atoms with Gasteiger partial charge in [0, 0.05) is 24.5 Å². The van der Waals surface area contributed by atoms with Crippen LogP contribution in [0.4, 0.5) is 0 Å². The fourth-order valence-electron chi connectivity index (χ4n) is 2.05. The first kappa shape index (κ1) is 9.97. The first-order valence-corrected chi connectivity index (χ1v) is 5.13. The van der Waals surface area contributed by atoms with Crippen LogP contribution in [-0.2, 0) is 18.3 Å². The van der Waals surface area contributed by atoms with E-state index in [1.807, 2.05) is 19.2 Å². The molecule has 15 heavy (non-hydrogen) atoms. The number of fused-ring (bicyclic) bond motifs is 1. The summed E-state index contributed by atoms with van der Waals surface area (Å²) in [5.74, 6) is 0.210.